The molecule has 3 aromatic rings. The highest BCUT2D eigenvalue weighted by atomic mass is 16.5. The van der Waals surface area contributed by atoms with Crippen molar-refractivity contribution in [2.24, 2.45) is 7.05 Å². The Bertz CT molecular complexity index is 968. The molecule has 3 heterocycles. The van der Waals surface area contributed by atoms with Crippen molar-refractivity contribution in [2.45, 2.75) is 25.8 Å². The number of benzene rings is 1. The first-order valence-electron chi connectivity index (χ1n) is 8.43. The maximum atomic E-state index is 9.09. The van der Waals surface area contributed by atoms with Crippen molar-refractivity contribution in [3.05, 3.63) is 35.5 Å². The molecule has 4 rings (SSSR count). The number of nitriles is 1. The third kappa shape index (κ3) is 3.03. The zero-order valence-electron chi connectivity index (χ0n) is 14.9. The van der Waals surface area contributed by atoms with E-state index in [1.165, 1.54) is 0 Å². The van der Waals surface area contributed by atoms with E-state index in [-0.39, 0.29) is 6.90 Å². The van der Waals surface area contributed by atoms with Crippen molar-refractivity contribution >= 4 is 22.8 Å². The van der Waals surface area contributed by atoms with E-state index < -0.39 is 0 Å². The van der Waals surface area contributed by atoms with Gasteiger partial charge in [-0.15, -0.1) is 0 Å². The van der Waals surface area contributed by atoms with Gasteiger partial charge in [0.15, 0.2) is 5.65 Å². The SMILES string of the molecule is Cc1ccc(C#N)cc1Nc1ncc2c(n1)n(C1CCOCC1)n2C.O.[HH]. The summed E-state index contributed by atoms with van der Waals surface area (Å²) >= 11 is 0. The van der Waals surface area contributed by atoms with Crippen LogP contribution in [0.25, 0.3) is 11.2 Å². The lowest BCUT2D eigenvalue weighted by Gasteiger charge is -2.32. The molecule has 0 saturated carbocycles. The molecule has 1 saturated heterocycles. The first kappa shape index (κ1) is 17.9. The Morgan fingerprint density at radius 1 is 1.35 bits per heavy atom. The number of rotatable bonds is 3. The van der Waals surface area contributed by atoms with Crippen LogP contribution >= 0.6 is 0 Å². The molecule has 8 heteroatoms. The third-order valence-electron chi connectivity index (χ3n) is 4.79. The number of fused-ring (bicyclic) bond motifs is 1. The summed E-state index contributed by atoms with van der Waals surface area (Å²) in [7, 11) is 2.04. The van der Waals surface area contributed by atoms with Gasteiger partial charge in [0.2, 0.25) is 5.95 Å². The average molecular weight is 356 g/mol. The number of hydrogen-bond acceptors (Lipinski definition) is 5. The lowest BCUT2D eigenvalue weighted by molar-refractivity contribution is 0.0631. The van der Waals surface area contributed by atoms with Crippen LogP contribution in [0.15, 0.2) is 24.4 Å². The molecular weight excluding hydrogens is 332 g/mol. The van der Waals surface area contributed by atoms with Gasteiger partial charge < -0.3 is 15.5 Å². The zero-order chi connectivity index (χ0) is 17.4. The number of hydrogen-bond donors (Lipinski definition) is 1. The Balaban J connectivity index is 0.00000131. The molecule has 0 radical (unpaired) electrons. The fourth-order valence-electron chi connectivity index (χ4n) is 3.33. The van der Waals surface area contributed by atoms with Crippen LogP contribution in [-0.2, 0) is 11.8 Å². The molecule has 0 atom stereocenters. The Kier molecular flexibility index (Phi) is 4.93. The van der Waals surface area contributed by atoms with Crippen molar-refractivity contribution in [1.29, 1.82) is 5.26 Å². The number of anilines is 2. The second-order valence-electron chi connectivity index (χ2n) is 6.38. The summed E-state index contributed by atoms with van der Waals surface area (Å²) in [5.41, 5.74) is 4.48. The van der Waals surface area contributed by atoms with Crippen LogP contribution in [0.2, 0.25) is 0 Å². The summed E-state index contributed by atoms with van der Waals surface area (Å²) in [6.07, 6.45) is 3.84. The number of nitrogens with zero attached hydrogens (tertiary/aromatic N) is 5. The van der Waals surface area contributed by atoms with E-state index in [4.69, 9.17) is 15.0 Å². The van der Waals surface area contributed by atoms with Crippen molar-refractivity contribution in [3.8, 4) is 6.07 Å². The van der Waals surface area contributed by atoms with Gasteiger partial charge >= 0.3 is 0 Å². The minimum Gasteiger partial charge on any atom is -0.412 e. The highest BCUT2D eigenvalue weighted by Gasteiger charge is 2.23. The number of ether oxygens (including phenoxy) is 1. The molecule has 0 bridgehead atoms. The summed E-state index contributed by atoms with van der Waals surface area (Å²) in [5.74, 6) is 0.544. The highest BCUT2D eigenvalue weighted by Crippen LogP contribution is 2.29. The van der Waals surface area contributed by atoms with Crippen molar-refractivity contribution in [1.82, 2.24) is 19.3 Å². The van der Waals surface area contributed by atoms with E-state index in [9.17, 15) is 0 Å². The van der Waals surface area contributed by atoms with E-state index in [2.05, 4.69) is 25.7 Å². The van der Waals surface area contributed by atoms with Crippen molar-refractivity contribution < 1.29 is 11.6 Å². The summed E-state index contributed by atoms with van der Waals surface area (Å²) in [6, 6.07) is 8.12. The van der Waals surface area contributed by atoms with Crippen LogP contribution in [0.3, 0.4) is 0 Å². The molecule has 2 aromatic heterocycles. The largest absolute Gasteiger partial charge is 0.412 e. The molecule has 0 unspecified atom stereocenters. The molecule has 0 spiro atoms. The number of aromatic nitrogens is 4. The first-order chi connectivity index (χ1) is 12.2. The van der Waals surface area contributed by atoms with Gasteiger partial charge in [-0.25, -0.2) is 4.98 Å². The molecule has 0 aliphatic carbocycles. The maximum absolute atomic E-state index is 9.09. The summed E-state index contributed by atoms with van der Waals surface area (Å²) in [6.45, 7) is 3.58. The number of aryl methyl sites for hydroxylation is 2. The summed E-state index contributed by atoms with van der Waals surface area (Å²) < 4.78 is 9.80. The topological polar surface area (TPSA) is 112 Å². The lowest BCUT2D eigenvalue weighted by Crippen LogP contribution is -2.30. The molecule has 1 aliphatic heterocycles. The van der Waals surface area contributed by atoms with Gasteiger partial charge in [-0.3, -0.25) is 9.36 Å². The van der Waals surface area contributed by atoms with Gasteiger partial charge in [0.25, 0.3) is 0 Å². The standard InChI is InChI=1S/C18H20N6O.H2O.H2/c1-12-3-4-13(10-19)9-15(12)21-18-20-11-16-17(22-18)24(23(16)2)14-5-7-25-8-6-14;;/h3-4,9,11,14H,5-8H2,1-2H3,(H,20,21,22);1H2;1H. The highest BCUT2D eigenvalue weighted by molar-refractivity contribution is 5.75. The van der Waals surface area contributed by atoms with E-state index in [1.807, 2.05) is 32.3 Å². The van der Waals surface area contributed by atoms with Crippen LogP contribution in [-0.4, -0.2) is 38.0 Å². The first-order valence-corrected chi connectivity index (χ1v) is 8.43. The van der Waals surface area contributed by atoms with E-state index in [0.29, 0.717) is 17.6 Å². The van der Waals surface area contributed by atoms with Gasteiger partial charge in [0, 0.05) is 27.4 Å². The molecular formula is C18H24N6O2. The van der Waals surface area contributed by atoms with Crippen LogP contribution in [0, 0.1) is 18.3 Å². The maximum Gasteiger partial charge on any atom is 0.229 e. The smallest absolute Gasteiger partial charge is 0.229 e. The average Bonchev–Trinajstić information content (AvgIpc) is 2.64. The predicted octanol–water partition coefficient (Wildman–Crippen LogP) is 2.47. The molecule has 1 fully saturated rings. The molecule has 8 nitrogen and oxygen atoms in total. The quantitative estimate of drug-likeness (QED) is 0.774. The van der Waals surface area contributed by atoms with E-state index in [1.54, 1.807) is 6.07 Å². The van der Waals surface area contributed by atoms with Gasteiger partial charge in [0.05, 0.1) is 23.9 Å². The van der Waals surface area contributed by atoms with Crippen LogP contribution in [0.1, 0.15) is 31.4 Å². The van der Waals surface area contributed by atoms with Crippen LogP contribution < -0.4 is 5.32 Å². The fourth-order valence-corrected chi connectivity index (χ4v) is 3.33. The predicted molar refractivity (Wildman–Crippen MR) is 100 cm³/mol. The molecule has 138 valence electrons. The second kappa shape index (κ2) is 7.15. The summed E-state index contributed by atoms with van der Waals surface area (Å²) in [5, 5.41) is 12.3. The normalized spacial score (nSPS) is 14.8. The van der Waals surface area contributed by atoms with Gasteiger partial charge in [-0.2, -0.15) is 10.2 Å². The molecule has 3 N–H and O–H groups in total. The molecule has 26 heavy (non-hydrogen) atoms. The van der Waals surface area contributed by atoms with E-state index in [0.717, 1.165) is 48.5 Å². The summed E-state index contributed by atoms with van der Waals surface area (Å²) in [4.78, 5) is 9.11. The van der Waals surface area contributed by atoms with Gasteiger partial charge in [-0.1, -0.05) is 6.07 Å². The Morgan fingerprint density at radius 2 is 2.12 bits per heavy atom. The molecule has 0 amide bonds. The van der Waals surface area contributed by atoms with Gasteiger partial charge in [-0.05, 0) is 37.5 Å². The van der Waals surface area contributed by atoms with Crippen LogP contribution in [0.4, 0.5) is 11.6 Å². The Labute approximate surface area is 152 Å². The monoisotopic (exact) mass is 356 g/mol. The Hall–Kier alpha value is -2.89. The fraction of sp³-hybridized carbons (Fsp3) is 0.389. The van der Waals surface area contributed by atoms with Crippen molar-refractivity contribution in [2.75, 3.05) is 18.5 Å². The second-order valence-corrected chi connectivity index (χ2v) is 6.38. The molecule has 1 aromatic carbocycles. The van der Waals surface area contributed by atoms with Gasteiger partial charge in [0.1, 0.15) is 5.52 Å². The minimum absolute atomic E-state index is 0. The third-order valence-corrected chi connectivity index (χ3v) is 4.79. The lowest BCUT2D eigenvalue weighted by atomic mass is 10.1. The van der Waals surface area contributed by atoms with Crippen LogP contribution in [0.5, 0.6) is 0 Å². The number of nitrogens with one attached hydrogen (secondary N) is 1. The van der Waals surface area contributed by atoms with Crippen molar-refractivity contribution in [3.63, 3.8) is 0 Å². The zero-order valence-corrected chi connectivity index (χ0v) is 14.9. The van der Waals surface area contributed by atoms with E-state index >= 15 is 0 Å². The Morgan fingerprint density at radius 3 is 2.85 bits per heavy atom. The molecule has 1 aliphatic rings. The minimum atomic E-state index is 0.